The van der Waals surface area contributed by atoms with Crippen LogP contribution < -0.4 is 4.72 Å². The van der Waals surface area contributed by atoms with Crippen LogP contribution >= 0.6 is 0 Å². The van der Waals surface area contributed by atoms with Crippen molar-refractivity contribution in [1.82, 2.24) is 4.72 Å². The lowest BCUT2D eigenvalue weighted by Crippen LogP contribution is -2.46. The fraction of sp³-hybridized carbons (Fsp3) is 0.917. The van der Waals surface area contributed by atoms with Crippen molar-refractivity contribution in [2.75, 3.05) is 7.11 Å². The van der Waals surface area contributed by atoms with Gasteiger partial charge in [0.05, 0.1) is 19.1 Å². The number of ether oxygens (including phenoxy) is 1. The molecule has 0 aromatic carbocycles. The van der Waals surface area contributed by atoms with Crippen LogP contribution in [0.25, 0.3) is 0 Å². The molecule has 1 rings (SSSR count). The van der Waals surface area contributed by atoms with Gasteiger partial charge in [0.2, 0.25) is 0 Å². The molecule has 1 unspecified atom stereocenters. The highest BCUT2D eigenvalue weighted by Gasteiger charge is 2.33. The summed E-state index contributed by atoms with van der Waals surface area (Å²) in [6.07, 6.45) is 3.43. The van der Waals surface area contributed by atoms with Crippen LogP contribution in [0.15, 0.2) is 0 Å². The fourth-order valence-electron chi connectivity index (χ4n) is 1.94. The van der Waals surface area contributed by atoms with E-state index in [1.54, 1.807) is 0 Å². The SMILES string of the molecule is COC(=O)[C@H]1CC[C@H](N[S+]([O-])C(C)(C)C)CC1. The van der Waals surface area contributed by atoms with Crippen LogP contribution in [0.1, 0.15) is 46.5 Å². The fourth-order valence-corrected chi connectivity index (χ4v) is 2.83. The number of carbonyl (C=O) groups excluding carboxylic acids is 1. The summed E-state index contributed by atoms with van der Waals surface area (Å²) in [5.74, 6) is -0.0819. The normalized spacial score (nSPS) is 27.6. The third-order valence-electron chi connectivity index (χ3n) is 3.09. The Bertz CT molecular complexity index is 257. The average Bonchev–Trinajstić information content (AvgIpc) is 2.27. The maximum absolute atomic E-state index is 11.9. The van der Waals surface area contributed by atoms with Crippen LogP contribution in [0.4, 0.5) is 0 Å². The van der Waals surface area contributed by atoms with Crippen molar-refractivity contribution in [1.29, 1.82) is 0 Å². The van der Waals surface area contributed by atoms with Crippen LogP contribution in [0.5, 0.6) is 0 Å². The first kappa shape index (κ1) is 14.8. The third-order valence-corrected chi connectivity index (χ3v) is 4.75. The number of rotatable bonds is 3. The summed E-state index contributed by atoms with van der Waals surface area (Å²) in [7, 11) is 1.43. The summed E-state index contributed by atoms with van der Waals surface area (Å²) in [6.45, 7) is 5.86. The van der Waals surface area contributed by atoms with Crippen LogP contribution in [0.3, 0.4) is 0 Å². The Morgan fingerprint density at radius 2 is 1.82 bits per heavy atom. The van der Waals surface area contributed by atoms with Crippen molar-refractivity contribution in [3.05, 3.63) is 0 Å². The summed E-state index contributed by atoms with van der Waals surface area (Å²) in [5.41, 5.74) is 0. The molecule has 0 spiro atoms. The molecule has 0 aromatic rings. The van der Waals surface area contributed by atoms with Gasteiger partial charge in [0.25, 0.3) is 0 Å². The van der Waals surface area contributed by atoms with Gasteiger partial charge in [-0.05, 0) is 46.5 Å². The molecule has 1 saturated carbocycles. The molecule has 5 heteroatoms. The largest absolute Gasteiger partial charge is 0.598 e. The molecule has 1 aliphatic carbocycles. The Hall–Kier alpha value is -0.260. The van der Waals surface area contributed by atoms with Gasteiger partial charge in [-0.2, -0.15) is 0 Å². The number of hydrogen-bond donors (Lipinski definition) is 1. The second kappa shape index (κ2) is 6.07. The maximum atomic E-state index is 11.9. The lowest BCUT2D eigenvalue weighted by Gasteiger charge is -2.31. The molecule has 100 valence electrons. The van der Waals surface area contributed by atoms with Gasteiger partial charge in [-0.15, -0.1) is 4.72 Å². The van der Waals surface area contributed by atoms with E-state index in [-0.39, 0.29) is 22.7 Å². The highest BCUT2D eigenvalue weighted by Crippen LogP contribution is 2.26. The molecule has 0 heterocycles. The average molecular weight is 261 g/mol. The first-order valence-electron chi connectivity index (χ1n) is 6.10. The molecule has 4 nitrogen and oxygen atoms in total. The monoisotopic (exact) mass is 261 g/mol. The first-order chi connectivity index (χ1) is 7.84. The molecule has 0 aliphatic heterocycles. The zero-order valence-corrected chi connectivity index (χ0v) is 11.9. The van der Waals surface area contributed by atoms with Crippen LogP contribution in [0.2, 0.25) is 0 Å². The minimum absolute atomic E-state index is 0.0288. The Labute approximate surface area is 107 Å². The second-order valence-electron chi connectivity index (χ2n) is 5.57. The van der Waals surface area contributed by atoms with Crippen LogP contribution in [-0.2, 0) is 20.9 Å². The molecule has 1 N–H and O–H groups in total. The van der Waals surface area contributed by atoms with Crippen molar-refractivity contribution in [2.24, 2.45) is 5.92 Å². The van der Waals surface area contributed by atoms with E-state index in [9.17, 15) is 9.35 Å². The van der Waals surface area contributed by atoms with E-state index in [2.05, 4.69) is 4.72 Å². The van der Waals surface area contributed by atoms with Crippen LogP contribution in [-0.4, -0.2) is 28.4 Å². The predicted molar refractivity (Wildman–Crippen MR) is 68.8 cm³/mol. The number of esters is 1. The van der Waals surface area contributed by atoms with Crippen molar-refractivity contribution < 1.29 is 14.1 Å². The molecule has 0 radical (unpaired) electrons. The zero-order valence-electron chi connectivity index (χ0n) is 11.1. The van der Waals surface area contributed by atoms with Crippen molar-refractivity contribution >= 4 is 17.3 Å². The first-order valence-corrected chi connectivity index (χ1v) is 7.25. The lowest BCUT2D eigenvalue weighted by atomic mass is 9.86. The van der Waals surface area contributed by atoms with Crippen molar-refractivity contribution in [3.8, 4) is 0 Å². The predicted octanol–water partition coefficient (Wildman–Crippen LogP) is 1.77. The summed E-state index contributed by atoms with van der Waals surface area (Å²) in [4.78, 5) is 11.4. The Kier molecular flexibility index (Phi) is 5.28. The van der Waals surface area contributed by atoms with Gasteiger partial charge in [-0.1, -0.05) is 0 Å². The van der Waals surface area contributed by atoms with E-state index in [1.807, 2.05) is 20.8 Å². The van der Waals surface area contributed by atoms with Gasteiger partial charge in [-0.25, -0.2) is 0 Å². The molecule has 0 aromatic heterocycles. The van der Waals surface area contributed by atoms with Crippen molar-refractivity contribution in [3.63, 3.8) is 0 Å². The second-order valence-corrected chi connectivity index (χ2v) is 7.57. The van der Waals surface area contributed by atoms with Gasteiger partial charge in [0.1, 0.15) is 4.75 Å². The van der Waals surface area contributed by atoms with E-state index in [0.29, 0.717) is 0 Å². The Morgan fingerprint density at radius 3 is 2.24 bits per heavy atom. The van der Waals surface area contributed by atoms with E-state index < -0.39 is 11.4 Å². The standard InChI is InChI=1S/C12H23NO3S/c1-12(2,3)17(15)13-10-7-5-9(6-8-10)11(14)16-4/h9-10,13H,5-8H2,1-4H3/t9-,10-,17?. The van der Waals surface area contributed by atoms with E-state index >= 15 is 0 Å². The summed E-state index contributed by atoms with van der Waals surface area (Å²) < 4.78 is 19.6. The topological polar surface area (TPSA) is 61.4 Å². The Morgan fingerprint density at radius 1 is 1.29 bits per heavy atom. The quantitative estimate of drug-likeness (QED) is 0.621. The smallest absolute Gasteiger partial charge is 0.308 e. The molecule has 1 atom stereocenters. The Balaban J connectivity index is 2.35. The molecule has 0 saturated heterocycles. The van der Waals surface area contributed by atoms with Gasteiger partial charge in [0.15, 0.2) is 0 Å². The minimum atomic E-state index is -1.02. The van der Waals surface area contributed by atoms with E-state index in [0.717, 1.165) is 25.7 Å². The molecule has 0 amide bonds. The number of nitrogens with one attached hydrogen (secondary N) is 1. The maximum Gasteiger partial charge on any atom is 0.308 e. The van der Waals surface area contributed by atoms with Gasteiger partial charge in [-0.3, -0.25) is 4.79 Å². The van der Waals surface area contributed by atoms with E-state index in [1.165, 1.54) is 7.11 Å². The van der Waals surface area contributed by atoms with Gasteiger partial charge in [0, 0.05) is 11.4 Å². The molecule has 0 bridgehead atoms. The summed E-state index contributed by atoms with van der Waals surface area (Å²) in [6, 6.07) is 0.260. The molecule has 17 heavy (non-hydrogen) atoms. The molecule has 1 aliphatic rings. The number of carbonyl (C=O) groups is 1. The highest BCUT2D eigenvalue weighted by atomic mass is 32.2. The molecular formula is C12H23NO3S. The van der Waals surface area contributed by atoms with E-state index in [4.69, 9.17) is 4.74 Å². The van der Waals surface area contributed by atoms with Gasteiger partial charge < -0.3 is 9.29 Å². The summed E-state index contributed by atoms with van der Waals surface area (Å²) in [5, 5.41) is 0. The summed E-state index contributed by atoms with van der Waals surface area (Å²) >= 11 is -1.02. The molecular weight excluding hydrogens is 238 g/mol. The minimum Gasteiger partial charge on any atom is -0.598 e. The number of methoxy groups -OCH3 is 1. The van der Waals surface area contributed by atoms with Crippen LogP contribution in [0, 0.1) is 5.92 Å². The lowest BCUT2D eigenvalue weighted by molar-refractivity contribution is -0.146. The number of hydrogen-bond acceptors (Lipinski definition) is 4. The molecule has 1 fully saturated rings. The van der Waals surface area contributed by atoms with Crippen molar-refractivity contribution in [2.45, 2.75) is 57.2 Å². The van der Waals surface area contributed by atoms with Gasteiger partial charge >= 0.3 is 5.97 Å². The third kappa shape index (κ3) is 4.48. The highest BCUT2D eigenvalue weighted by molar-refractivity contribution is 7.90. The zero-order chi connectivity index (χ0) is 13.1.